The monoisotopic (exact) mass is 804 g/mol. The molecule has 8 rings (SSSR count). The third kappa shape index (κ3) is 7.42. The number of aromatic amines is 2. The van der Waals surface area contributed by atoms with Gasteiger partial charge in [0, 0.05) is 24.0 Å². The molecule has 5 heterocycles. The Bertz CT molecular complexity index is 2440. The minimum atomic E-state index is -0.720. The molecule has 0 radical (unpaired) electrons. The van der Waals surface area contributed by atoms with Crippen LogP contribution in [0.4, 0.5) is 9.59 Å². The number of H-pyrrole nitrogens is 2. The molecule has 5 aromatic rings. The molecule has 3 aliphatic rings. The van der Waals surface area contributed by atoms with Crippen molar-refractivity contribution in [2.75, 3.05) is 27.3 Å². The molecular formula is C44H52N8O7. The lowest BCUT2D eigenvalue weighted by atomic mass is 9.92. The molecule has 59 heavy (non-hydrogen) atoms. The van der Waals surface area contributed by atoms with Gasteiger partial charge in [0.2, 0.25) is 11.8 Å². The van der Waals surface area contributed by atoms with Crippen molar-refractivity contribution in [2.24, 2.45) is 17.8 Å². The van der Waals surface area contributed by atoms with Crippen LogP contribution in [0.2, 0.25) is 0 Å². The first-order valence-corrected chi connectivity index (χ1v) is 20.4. The molecule has 15 nitrogen and oxygen atoms in total. The maximum atomic E-state index is 13.9. The number of ether oxygens (including phenoxy) is 3. The second kappa shape index (κ2) is 15.9. The summed E-state index contributed by atoms with van der Waals surface area (Å²) in [6, 6.07) is 12.7. The Hall–Kier alpha value is -6.12. The molecule has 5 atom stereocenters. The number of amides is 4. The number of imidazole rings is 2. The highest BCUT2D eigenvalue weighted by atomic mass is 16.5. The third-order valence-electron chi connectivity index (χ3n) is 12.0. The van der Waals surface area contributed by atoms with Gasteiger partial charge in [0.1, 0.15) is 36.1 Å². The van der Waals surface area contributed by atoms with Crippen LogP contribution in [-0.2, 0) is 25.7 Å². The summed E-state index contributed by atoms with van der Waals surface area (Å²) in [6.07, 6.45) is 2.90. The smallest absolute Gasteiger partial charge is 0.407 e. The number of hydrogen-bond acceptors (Lipinski definition) is 9. The van der Waals surface area contributed by atoms with Crippen molar-refractivity contribution in [3.05, 3.63) is 65.9 Å². The van der Waals surface area contributed by atoms with Gasteiger partial charge in [-0.05, 0) is 83.4 Å². The van der Waals surface area contributed by atoms with E-state index in [9.17, 15) is 19.2 Å². The molecule has 15 heteroatoms. The summed E-state index contributed by atoms with van der Waals surface area (Å²) in [5.41, 5.74) is 6.60. The van der Waals surface area contributed by atoms with Crippen molar-refractivity contribution >= 4 is 45.8 Å². The van der Waals surface area contributed by atoms with Crippen molar-refractivity contribution < 1.29 is 33.4 Å². The number of alkyl carbamates (subject to hydrolysis) is 2. The molecule has 3 aliphatic heterocycles. The molecular weight excluding hydrogens is 753 g/mol. The first kappa shape index (κ1) is 39.7. The molecule has 2 fully saturated rings. The Morgan fingerprint density at radius 1 is 0.847 bits per heavy atom. The Morgan fingerprint density at radius 2 is 1.56 bits per heavy atom. The standard InChI is InChI=1S/C44H52N8O7/c1-22(2)36(49-43(55)57-6)41(53)51-14-8-9-33(51)39-45-19-32(47-39)26-10-12-28-27(16-26)21-59-35-18-29-25(17-30(28)35)11-13-31-38(29)48-40(46-31)34-15-24(5)20-52(34)42(54)37(23(3)4)50-44(56)58-7/h10-13,16-19,22-24,33-34,36-37H,8-9,14-15,20-21H2,1-7H3,(H,45,47)(H,46,48)(H,49,55)(H,50,56)/t24-,33-,34-,36-,37-/m0/s1. The summed E-state index contributed by atoms with van der Waals surface area (Å²) in [5, 5.41) is 7.43. The number of carbonyl (C=O) groups is 4. The van der Waals surface area contributed by atoms with Crippen LogP contribution in [0.25, 0.3) is 44.2 Å². The number of aromatic nitrogens is 4. The Kier molecular flexibility index (Phi) is 10.7. The summed E-state index contributed by atoms with van der Waals surface area (Å²) >= 11 is 0. The quantitative estimate of drug-likeness (QED) is 0.122. The predicted molar refractivity (Wildman–Crippen MR) is 221 cm³/mol. The second-order valence-electron chi connectivity index (χ2n) is 16.7. The molecule has 4 amide bonds. The lowest BCUT2D eigenvalue weighted by Crippen LogP contribution is -2.51. The van der Waals surface area contributed by atoms with E-state index in [4.69, 9.17) is 24.2 Å². The van der Waals surface area contributed by atoms with Gasteiger partial charge in [-0.25, -0.2) is 19.6 Å². The van der Waals surface area contributed by atoms with Gasteiger partial charge in [-0.3, -0.25) is 9.59 Å². The van der Waals surface area contributed by atoms with E-state index >= 15 is 0 Å². The Labute approximate surface area is 342 Å². The van der Waals surface area contributed by atoms with Crippen molar-refractivity contribution in [2.45, 2.75) is 84.7 Å². The van der Waals surface area contributed by atoms with E-state index in [-0.39, 0.29) is 41.7 Å². The molecule has 2 aromatic heterocycles. The lowest BCUT2D eigenvalue weighted by Gasteiger charge is -2.30. The fourth-order valence-electron chi connectivity index (χ4n) is 8.91. The average Bonchev–Trinajstić information content (AvgIpc) is 4.06. The number of methoxy groups -OCH3 is 2. The van der Waals surface area contributed by atoms with Crippen LogP contribution >= 0.6 is 0 Å². The number of nitrogens with one attached hydrogen (secondary N) is 4. The number of nitrogens with zero attached hydrogens (tertiary/aromatic N) is 4. The number of carbonyl (C=O) groups excluding carboxylic acids is 4. The van der Waals surface area contributed by atoms with E-state index in [0.29, 0.717) is 31.3 Å². The molecule has 0 bridgehead atoms. The van der Waals surface area contributed by atoms with Crippen LogP contribution in [0.5, 0.6) is 5.75 Å². The summed E-state index contributed by atoms with van der Waals surface area (Å²) in [4.78, 5) is 72.1. The summed E-state index contributed by atoms with van der Waals surface area (Å²) < 4.78 is 16.0. The number of fused-ring (bicyclic) bond motifs is 6. The zero-order valence-electron chi connectivity index (χ0n) is 34.5. The highest BCUT2D eigenvalue weighted by Crippen LogP contribution is 2.44. The summed E-state index contributed by atoms with van der Waals surface area (Å²) in [6.45, 7) is 11.3. The fraction of sp³-hybridized carbons (Fsp3) is 0.455. The minimum absolute atomic E-state index is 0.117. The predicted octanol–water partition coefficient (Wildman–Crippen LogP) is 7.00. The highest BCUT2D eigenvalue weighted by Gasteiger charge is 2.41. The molecule has 0 saturated carbocycles. The maximum Gasteiger partial charge on any atom is 0.407 e. The second-order valence-corrected chi connectivity index (χ2v) is 16.7. The highest BCUT2D eigenvalue weighted by molar-refractivity contribution is 6.07. The van der Waals surface area contributed by atoms with Crippen molar-refractivity contribution in [1.29, 1.82) is 0 Å². The van der Waals surface area contributed by atoms with E-state index in [2.05, 4.69) is 63.9 Å². The fourth-order valence-corrected chi connectivity index (χ4v) is 8.91. The van der Waals surface area contributed by atoms with E-state index < -0.39 is 24.3 Å². The molecule has 3 aromatic carbocycles. The normalized spacial score (nSPS) is 19.7. The van der Waals surface area contributed by atoms with Crippen LogP contribution in [0.1, 0.15) is 83.2 Å². The maximum absolute atomic E-state index is 13.9. The zero-order valence-corrected chi connectivity index (χ0v) is 34.5. The zero-order chi connectivity index (χ0) is 41.7. The number of hydrogen-bond donors (Lipinski definition) is 4. The topological polar surface area (TPSA) is 184 Å². The van der Waals surface area contributed by atoms with Gasteiger partial charge in [-0.1, -0.05) is 52.8 Å². The average molecular weight is 805 g/mol. The van der Waals surface area contributed by atoms with Crippen LogP contribution in [-0.4, -0.2) is 93.1 Å². The van der Waals surface area contributed by atoms with Crippen molar-refractivity contribution in [3.63, 3.8) is 0 Å². The van der Waals surface area contributed by atoms with E-state index in [1.165, 1.54) is 14.2 Å². The minimum Gasteiger partial charge on any atom is -0.488 e. The van der Waals surface area contributed by atoms with Crippen molar-refractivity contribution in [1.82, 2.24) is 40.4 Å². The summed E-state index contributed by atoms with van der Waals surface area (Å²) in [5.74, 6) is 1.91. The van der Waals surface area contributed by atoms with Gasteiger partial charge in [-0.2, -0.15) is 0 Å². The first-order chi connectivity index (χ1) is 28.3. The molecule has 2 saturated heterocycles. The first-order valence-electron chi connectivity index (χ1n) is 20.4. The van der Waals surface area contributed by atoms with Crippen LogP contribution in [0.3, 0.4) is 0 Å². The molecule has 0 aliphatic carbocycles. The number of rotatable bonds is 9. The SMILES string of the molecule is COC(=O)N[C@H](C(=O)N1CCC[C@H]1c1ncc(-c2ccc3c(c2)COc2cc4c(ccc5nc([C@@H]6C[C@H](C)CN6C(=O)[C@@H](NC(=O)OC)C(C)C)[nH]c54)cc2-3)[nH]1)C(C)C. The van der Waals surface area contributed by atoms with E-state index in [1.54, 1.807) is 0 Å². The molecule has 4 N–H and O–H groups in total. The van der Waals surface area contributed by atoms with Crippen molar-refractivity contribution in [3.8, 4) is 28.1 Å². The van der Waals surface area contributed by atoms with Gasteiger partial charge in [-0.15, -0.1) is 0 Å². The molecule has 0 spiro atoms. The van der Waals surface area contributed by atoms with Gasteiger partial charge in [0.05, 0.1) is 49.2 Å². The lowest BCUT2D eigenvalue weighted by molar-refractivity contribution is -0.136. The van der Waals surface area contributed by atoms with Gasteiger partial charge >= 0.3 is 12.2 Å². The van der Waals surface area contributed by atoms with Crippen LogP contribution < -0.4 is 15.4 Å². The molecule has 310 valence electrons. The van der Waals surface area contributed by atoms with E-state index in [0.717, 1.165) is 74.8 Å². The van der Waals surface area contributed by atoms with Gasteiger partial charge in [0.15, 0.2) is 0 Å². The van der Waals surface area contributed by atoms with Gasteiger partial charge < -0.3 is 44.6 Å². The Morgan fingerprint density at radius 3 is 2.25 bits per heavy atom. The molecule has 0 unspecified atom stereocenters. The largest absolute Gasteiger partial charge is 0.488 e. The number of likely N-dealkylation sites (tertiary alicyclic amines) is 2. The van der Waals surface area contributed by atoms with Crippen LogP contribution in [0, 0.1) is 17.8 Å². The van der Waals surface area contributed by atoms with Gasteiger partial charge in [0.25, 0.3) is 0 Å². The van der Waals surface area contributed by atoms with Crippen LogP contribution in [0.15, 0.2) is 48.7 Å². The Balaban J connectivity index is 1.04. The third-order valence-corrected chi connectivity index (χ3v) is 12.0. The van der Waals surface area contributed by atoms with E-state index in [1.807, 2.05) is 49.8 Å². The number of benzene rings is 3. The summed E-state index contributed by atoms with van der Waals surface area (Å²) in [7, 11) is 2.58.